The van der Waals surface area contributed by atoms with E-state index in [9.17, 15) is 0 Å². The minimum absolute atomic E-state index is 0.749. The van der Waals surface area contributed by atoms with Gasteiger partial charge in [-0.15, -0.1) is 0 Å². The van der Waals surface area contributed by atoms with Gasteiger partial charge in [-0.1, -0.05) is 39.3 Å². The number of nitrogens with one attached hydrogen (secondary N) is 1. The molecule has 1 aromatic carbocycles. The van der Waals surface area contributed by atoms with Gasteiger partial charge in [0.25, 0.3) is 0 Å². The zero-order valence-electron chi connectivity index (χ0n) is 13.4. The SMILES string of the molecule is CCCc1ccc(N2CCC(CNCC(C)C)C2)cc1. The van der Waals surface area contributed by atoms with Crippen molar-refractivity contribution < 1.29 is 0 Å². The Morgan fingerprint density at radius 2 is 2.00 bits per heavy atom. The Balaban J connectivity index is 1.79. The normalized spacial score (nSPS) is 19.0. The zero-order chi connectivity index (χ0) is 14.4. The number of nitrogens with zero attached hydrogens (tertiary/aromatic N) is 1. The summed E-state index contributed by atoms with van der Waals surface area (Å²) in [4.78, 5) is 2.54. The van der Waals surface area contributed by atoms with Gasteiger partial charge >= 0.3 is 0 Å². The van der Waals surface area contributed by atoms with Gasteiger partial charge in [-0.2, -0.15) is 0 Å². The highest BCUT2D eigenvalue weighted by molar-refractivity contribution is 5.48. The van der Waals surface area contributed by atoms with Gasteiger partial charge in [-0.3, -0.25) is 0 Å². The van der Waals surface area contributed by atoms with Crippen LogP contribution in [0.2, 0.25) is 0 Å². The van der Waals surface area contributed by atoms with E-state index in [4.69, 9.17) is 0 Å². The fraction of sp³-hybridized carbons (Fsp3) is 0.667. The van der Waals surface area contributed by atoms with Gasteiger partial charge in [-0.25, -0.2) is 0 Å². The predicted molar refractivity (Wildman–Crippen MR) is 88.5 cm³/mol. The van der Waals surface area contributed by atoms with Crippen LogP contribution >= 0.6 is 0 Å². The quantitative estimate of drug-likeness (QED) is 0.815. The Labute approximate surface area is 124 Å². The molecule has 0 saturated carbocycles. The lowest BCUT2D eigenvalue weighted by Crippen LogP contribution is -2.28. The van der Waals surface area contributed by atoms with Gasteiger partial charge in [-0.05, 0) is 55.5 Å². The van der Waals surface area contributed by atoms with Crippen LogP contribution in [0.3, 0.4) is 0 Å². The summed E-state index contributed by atoms with van der Waals surface area (Å²) in [6, 6.07) is 9.19. The lowest BCUT2D eigenvalue weighted by atomic mass is 10.1. The number of hydrogen-bond donors (Lipinski definition) is 1. The monoisotopic (exact) mass is 274 g/mol. The molecule has 1 fully saturated rings. The molecular formula is C18H30N2. The molecule has 1 aromatic rings. The van der Waals surface area contributed by atoms with E-state index in [-0.39, 0.29) is 0 Å². The van der Waals surface area contributed by atoms with Crippen molar-refractivity contribution in [3.05, 3.63) is 29.8 Å². The lowest BCUT2D eigenvalue weighted by molar-refractivity contribution is 0.477. The number of anilines is 1. The first-order valence-corrected chi connectivity index (χ1v) is 8.23. The first-order chi connectivity index (χ1) is 9.69. The minimum Gasteiger partial charge on any atom is -0.371 e. The molecule has 1 N–H and O–H groups in total. The second kappa shape index (κ2) is 7.68. The molecular weight excluding hydrogens is 244 g/mol. The van der Waals surface area contributed by atoms with Gasteiger partial charge in [0.2, 0.25) is 0 Å². The highest BCUT2D eigenvalue weighted by Gasteiger charge is 2.22. The molecule has 0 spiro atoms. The summed E-state index contributed by atoms with van der Waals surface area (Å²) in [6.07, 6.45) is 3.75. The summed E-state index contributed by atoms with van der Waals surface area (Å²) >= 11 is 0. The summed E-state index contributed by atoms with van der Waals surface area (Å²) in [5, 5.41) is 3.60. The molecule has 1 heterocycles. The van der Waals surface area contributed by atoms with Crippen molar-refractivity contribution in [2.75, 3.05) is 31.1 Å². The van der Waals surface area contributed by atoms with Gasteiger partial charge in [0.05, 0.1) is 0 Å². The molecule has 1 saturated heterocycles. The summed E-state index contributed by atoms with van der Waals surface area (Å²) in [5.74, 6) is 1.56. The van der Waals surface area contributed by atoms with E-state index in [0.717, 1.165) is 18.4 Å². The molecule has 1 unspecified atom stereocenters. The third-order valence-corrected chi connectivity index (χ3v) is 4.11. The standard InChI is InChI=1S/C18H30N2/c1-4-5-16-6-8-18(9-7-16)20-11-10-17(14-20)13-19-12-15(2)3/h6-9,15,17,19H,4-5,10-14H2,1-3H3. The maximum absolute atomic E-state index is 3.60. The zero-order valence-corrected chi connectivity index (χ0v) is 13.4. The average Bonchev–Trinajstić information content (AvgIpc) is 2.88. The molecule has 1 atom stereocenters. The molecule has 0 radical (unpaired) electrons. The third-order valence-electron chi connectivity index (χ3n) is 4.11. The van der Waals surface area contributed by atoms with E-state index in [1.54, 1.807) is 0 Å². The Bertz CT molecular complexity index is 383. The summed E-state index contributed by atoms with van der Waals surface area (Å²) in [6.45, 7) is 11.5. The second-order valence-corrected chi connectivity index (χ2v) is 6.57. The van der Waals surface area contributed by atoms with Crippen molar-refractivity contribution in [1.82, 2.24) is 5.32 Å². The van der Waals surface area contributed by atoms with Crippen LogP contribution in [0.1, 0.15) is 39.2 Å². The van der Waals surface area contributed by atoms with E-state index in [0.29, 0.717) is 0 Å². The Hall–Kier alpha value is -1.02. The van der Waals surface area contributed by atoms with Gasteiger partial charge < -0.3 is 10.2 Å². The van der Waals surface area contributed by atoms with E-state index in [1.807, 2.05) is 0 Å². The maximum atomic E-state index is 3.60. The molecule has 0 aromatic heterocycles. The number of benzene rings is 1. The number of aryl methyl sites for hydroxylation is 1. The highest BCUT2D eigenvalue weighted by atomic mass is 15.2. The fourth-order valence-corrected chi connectivity index (χ4v) is 2.97. The molecule has 1 aliphatic rings. The van der Waals surface area contributed by atoms with Crippen molar-refractivity contribution >= 4 is 5.69 Å². The van der Waals surface area contributed by atoms with Crippen LogP contribution in [0.25, 0.3) is 0 Å². The molecule has 1 aliphatic heterocycles. The van der Waals surface area contributed by atoms with Crippen LogP contribution in [0.15, 0.2) is 24.3 Å². The highest BCUT2D eigenvalue weighted by Crippen LogP contribution is 2.24. The molecule has 112 valence electrons. The molecule has 20 heavy (non-hydrogen) atoms. The summed E-state index contributed by atoms with van der Waals surface area (Å²) < 4.78 is 0. The van der Waals surface area contributed by atoms with E-state index >= 15 is 0 Å². The van der Waals surface area contributed by atoms with Gasteiger partial charge in [0.15, 0.2) is 0 Å². The Kier molecular flexibility index (Phi) is 5.90. The molecule has 0 bridgehead atoms. The van der Waals surface area contributed by atoms with E-state index in [2.05, 4.69) is 55.3 Å². The van der Waals surface area contributed by atoms with Crippen molar-refractivity contribution in [2.24, 2.45) is 11.8 Å². The van der Waals surface area contributed by atoms with Gasteiger partial charge in [0.1, 0.15) is 0 Å². The van der Waals surface area contributed by atoms with Crippen LogP contribution < -0.4 is 10.2 Å². The van der Waals surface area contributed by atoms with Gasteiger partial charge in [0, 0.05) is 18.8 Å². The smallest absolute Gasteiger partial charge is 0.0366 e. The van der Waals surface area contributed by atoms with Crippen LogP contribution in [-0.4, -0.2) is 26.2 Å². The van der Waals surface area contributed by atoms with Crippen molar-refractivity contribution in [2.45, 2.75) is 40.0 Å². The third kappa shape index (κ3) is 4.52. The number of rotatable bonds is 7. The molecule has 0 aliphatic carbocycles. The Morgan fingerprint density at radius 1 is 1.25 bits per heavy atom. The molecule has 2 nitrogen and oxygen atoms in total. The van der Waals surface area contributed by atoms with Crippen LogP contribution in [0.4, 0.5) is 5.69 Å². The van der Waals surface area contributed by atoms with Crippen LogP contribution in [0.5, 0.6) is 0 Å². The lowest BCUT2D eigenvalue weighted by Gasteiger charge is -2.19. The Morgan fingerprint density at radius 3 is 2.65 bits per heavy atom. The number of hydrogen-bond acceptors (Lipinski definition) is 2. The topological polar surface area (TPSA) is 15.3 Å². The van der Waals surface area contributed by atoms with Crippen molar-refractivity contribution in [1.29, 1.82) is 0 Å². The van der Waals surface area contributed by atoms with Crippen LogP contribution in [0, 0.1) is 11.8 Å². The molecule has 2 rings (SSSR count). The first-order valence-electron chi connectivity index (χ1n) is 8.23. The average molecular weight is 274 g/mol. The summed E-state index contributed by atoms with van der Waals surface area (Å²) in [7, 11) is 0. The van der Waals surface area contributed by atoms with E-state index < -0.39 is 0 Å². The predicted octanol–water partition coefficient (Wildman–Crippen LogP) is 3.71. The second-order valence-electron chi connectivity index (χ2n) is 6.57. The first kappa shape index (κ1) is 15.4. The van der Waals surface area contributed by atoms with Crippen LogP contribution in [-0.2, 0) is 6.42 Å². The van der Waals surface area contributed by atoms with Crippen molar-refractivity contribution in [3.8, 4) is 0 Å². The molecule has 2 heteroatoms. The van der Waals surface area contributed by atoms with Crippen molar-refractivity contribution in [3.63, 3.8) is 0 Å². The fourth-order valence-electron chi connectivity index (χ4n) is 2.97. The maximum Gasteiger partial charge on any atom is 0.0366 e. The molecule has 0 amide bonds. The van der Waals surface area contributed by atoms with E-state index in [1.165, 1.54) is 50.1 Å². The largest absolute Gasteiger partial charge is 0.371 e. The minimum atomic E-state index is 0.749. The summed E-state index contributed by atoms with van der Waals surface area (Å²) in [5.41, 5.74) is 2.86.